The largest absolute Gasteiger partial charge is 0.383 e. The van der Waals surface area contributed by atoms with Crippen molar-refractivity contribution in [2.75, 3.05) is 26.8 Å². The smallest absolute Gasteiger partial charge is 0.124 e. The van der Waals surface area contributed by atoms with E-state index >= 15 is 0 Å². The molecule has 1 N–H and O–H groups in total. The second-order valence-electron chi connectivity index (χ2n) is 6.20. The Hall–Kier alpha value is -0.640. The minimum Gasteiger partial charge on any atom is -0.383 e. The molecule has 4 heteroatoms. The van der Waals surface area contributed by atoms with E-state index in [1.54, 1.807) is 13.2 Å². The normalized spacial score (nSPS) is 13.5. The molecule has 1 aromatic carbocycles. The standard InChI is InChI=1S/C16H25ClFNO/c1-16(2,3)13(11-19-7-8-20-4)9-12-5-6-14(18)10-15(12)17/h5-6,10,13,19H,7-9,11H2,1-4H3. The first-order chi connectivity index (χ1) is 9.34. The zero-order valence-corrected chi connectivity index (χ0v) is 13.6. The van der Waals surface area contributed by atoms with Crippen LogP contribution < -0.4 is 5.32 Å². The lowest BCUT2D eigenvalue weighted by Gasteiger charge is -2.31. The molecule has 0 aromatic heterocycles. The van der Waals surface area contributed by atoms with Gasteiger partial charge >= 0.3 is 0 Å². The Morgan fingerprint density at radius 3 is 2.60 bits per heavy atom. The van der Waals surface area contributed by atoms with Crippen molar-refractivity contribution in [2.24, 2.45) is 11.3 Å². The molecular weight excluding hydrogens is 277 g/mol. The second kappa shape index (κ2) is 7.96. The highest BCUT2D eigenvalue weighted by Gasteiger charge is 2.25. The molecule has 0 amide bonds. The van der Waals surface area contributed by atoms with Crippen molar-refractivity contribution in [2.45, 2.75) is 27.2 Å². The number of methoxy groups -OCH3 is 1. The van der Waals surface area contributed by atoms with Crippen molar-refractivity contribution in [1.82, 2.24) is 5.32 Å². The van der Waals surface area contributed by atoms with Gasteiger partial charge in [0.25, 0.3) is 0 Å². The number of ether oxygens (including phenoxy) is 1. The number of rotatable bonds is 7. The van der Waals surface area contributed by atoms with E-state index in [-0.39, 0.29) is 11.2 Å². The van der Waals surface area contributed by atoms with Gasteiger partial charge in [0.15, 0.2) is 0 Å². The monoisotopic (exact) mass is 301 g/mol. The minimum atomic E-state index is -0.288. The summed E-state index contributed by atoms with van der Waals surface area (Å²) in [4.78, 5) is 0. The molecule has 20 heavy (non-hydrogen) atoms. The fraction of sp³-hybridized carbons (Fsp3) is 0.625. The van der Waals surface area contributed by atoms with Crippen LogP contribution in [0.1, 0.15) is 26.3 Å². The summed E-state index contributed by atoms with van der Waals surface area (Å²) >= 11 is 6.13. The minimum absolute atomic E-state index is 0.151. The van der Waals surface area contributed by atoms with E-state index < -0.39 is 0 Å². The van der Waals surface area contributed by atoms with Gasteiger partial charge in [-0.2, -0.15) is 0 Å². The van der Waals surface area contributed by atoms with Crippen LogP contribution in [0.5, 0.6) is 0 Å². The summed E-state index contributed by atoms with van der Waals surface area (Å²) in [5, 5.41) is 3.91. The summed E-state index contributed by atoms with van der Waals surface area (Å²) in [6.45, 7) is 9.07. The molecule has 0 aliphatic carbocycles. The van der Waals surface area contributed by atoms with Gasteiger partial charge in [-0.15, -0.1) is 0 Å². The molecule has 0 radical (unpaired) electrons. The van der Waals surface area contributed by atoms with Gasteiger partial charge in [0.05, 0.1) is 6.61 Å². The van der Waals surface area contributed by atoms with Crippen molar-refractivity contribution < 1.29 is 9.13 Å². The van der Waals surface area contributed by atoms with Crippen LogP contribution in [-0.2, 0) is 11.2 Å². The third kappa shape index (κ3) is 5.78. The number of benzene rings is 1. The second-order valence-corrected chi connectivity index (χ2v) is 6.61. The maximum absolute atomic E-state index is 13.1. The van der Waals surface area contributed by atoms with Crippen LogP contribution in [-0.4, -0.2) is 26.8 Å². The number of nitrogens with one attached hydrogen (secondary N) is 1. The van der Waals surface area contributed by atoms with E-state index in [9.17, 15) is 4.39 Å². The van der Waals surface area contributed by atoms with E-state index in [2.05, 4.69) is 26.1 Å². The summed E-state index contributed by atoms with van der Waals surface area (Å²) in [7, 11) is 1.70. The van der Waals surface area contributed by atoms with E-state index in [1.165, 1.54) is 12.1 Å². The van der Waals surface area contributed by atoms with E-state index in [1.807, 2.05) is 0 Å². The van der Waals surface area contributed by atoms with Crippen molar-refractivity contribution >= 4 is 11.6 Å². The molecule has 1 aromatic rings. The van der Waals surface area contributed by atoms with Gasteiger partial charge in [0.2, 0.25) is 0 Å². The molecule has 0 spiro atoms. The van der Waals surface area contributed by atoms with Gasteiger partial charge in [-0.3, -0.25) is 0 Å². The van der Waals surface area contributed by atoms with E-state index in [4.69, 9.17) is 16.3 Å². The predicted octanol–water partition coefficient (Wildman–Crippen LogP) is 3.92. The Morgan fingerprint density at radius 1 is 1.35 bits per heavy atom. The molecule has 1 atom stereocenters. The highest BCUT2D eigenvalue weighted by molar-refractivity contribution is 6.31. The van der Waals surface area contributed by atoms with Crippen LogP contribution in [0, 0.1) is 17.2 Å². The number of hydrogen-bond acceptors (Lipinski definition) is 2. The Bertz CT molecular complexity index is 417. The summed E-state index contributed by atoms with van der Waals surface area (Å²) < 4.78 is 18.1. The van der Waals surface area contributed by atoms with E-state index in [0.29, 0.717) is 17.5 Å². The first-order valence-corrected chi connectivity index (χ1v) is 7.36. The third-order valence-electron chi connectivity index (χ3n) is 3.58. The van der Waals surface area contributed by atoms with Gasteiger partial charge < -0.3 is 10.1 Å². The Morgan fingerprint density at radius 2 is 2.05 bits per heavy atom. The molecule has 2 nitrogen and oxygen atoms in total. The molecule has 0 aliphatic rings. The lowest BCUT2D eigenvalue weighted by atomic mass is 9.77. The van der Waals surface area contributed by atoms with Crippen molar-refractivity contribution in [1.29, 1.82) is 0 Å². The molecule has 0 saturated carbocycles. The molecular formula is C16H25ClFNO. The zero-order chi connectivity index (χ0) is 15.2. The average Bonchev–Trinajstić information content (AvgIpc) is 2.34. The van der Waals surface area contributed by atoms with Crippen LogP contribution in [0.4, 0.5) is 4.39 Å². The average molecular weight is 302 g/mol. The molecule has 0 heterocycles. The van der Waals surface area contributed by atoms with Crippen LogP contribution in [0.2, 0.25) is 5.02 Å². The fourth-order valence-corrected chi connectivity index (χ4v) is 2.33. The van der Waals surface area contributed by atoms with Gasteiger partial charge in [-0.25, -0.2) is 4.39 Å². The first kappa shape index (κ1) is 17.4. The lowest BCUT2D eigenvalue weighted by molar-refractivity contribution is 0.186. The summed E-state index contributed by atoms with van der Waals surface area (Å²) in [6.07, 6.45) is 0.836. The van der Waals surface area contributed by atoms with Crippen molar-refractivity contribution in [3.05, 3.63) is 34.6 Å². The summed E-state index contributed by atoms with van der Waals surface area (Å²) in [5.74, 6) is 0.131. The van der Waals surface area contributed by atoms with E-state index in [0.717, 1.165) is 25.1 Å². The summed E-state index contributed by atoms with van der Waals surface area (Å²) in [6, 6.07) is 4.64. The predicted molar refractivity (Wildman–Crippen MR) is 82.8 cm³/mol. The number of halogens is 2. The van der Waals surface area contributed by atoms with Crippen molar-refractivity contribution in [3.8, 4) is 0 Å². The maximum atomic E-state index is 13.1. The number of hydrogen-bond donors (Lipinski definition) is 1. The Balaban J connectivity index is 2.69. The van der Waals surface area contributed by atoms with Crippen LogP contribution >= 0.6 is 11.6 Å². The third-order valence-corrected chi connectivity index (χ3v) is 3.93. The van der Waals surface area contributed by atoms with Crippen LogP contribution in [0.15, 0.2) is 18.2 Å². The highest BCUT2D eigenvalue weighted by atomic mass is 35.5. The van der Waals surface area contributed by atoms with Gasteiger partial charge in [0, 0.05) is 18.7 Å². The Labute approximate surface area is 126 Å². The molecule has 114 valence electrons. The van der Waals surface area contributed by atoms with Gasteiger partial charge in [-0.1, -0.05) is 38.4 Å². The molecule has 0 aliphatic heterocycles. The topological polar surface area (TPSA) is 21.3 Å². The first-order valence-electron chi connectivity index (χ1n) is 6.98. The highest BCUT2D eigenvalue weighted by Crippen LogP contribution is 2.31. The molecule has 0 bridgehead atoms. The van der Waals surface area contributed by atoms with Crippen LogP contribution in [0.3, 0.4) is 0 Å². The molecule has 0 fully saturated rings. The quantitative estimate of drug-likeness (QED) is 0.771. The fourth-order valence-electron chi connectivity index (χ4n) is 2.09. The van der Waals surface area contributed by atoms with Gasteiger partial charge in [-0.05, 0) is 42.0 Å². The Kier molecular flexibility index (Phi) is 6.93. The van der Waals surface area contributed by atoms with Crippen molar-refractivity contribution in [3.63, 3.8) is 0 Å². The summed E-state index contributed by atoms with van der Waals surface area (Å²) in [5.41, 5.74) is 1.15. The maximum Gasteiger partial charge on any atom is 0.124 e. The molecule has 1 rings (SSSR count). The molecule has 1 unspecified atom stereocenters. The van der Waals surface area contributed by atoms with Crippen LogP contribution in [0.25, 0.3) is 0 Å². The lowest BCUT2D eigenvalue weighted by Crippen LogP contribution is -2.34. The van der Waals surface area contributed by atoms with Gasteiger partial charge in [0.1, 0.15) is 5.82 Å². The SMILES string of the molecule is COCCNCC(Cc1ccc(F)cc1Cl)C(C)(C)C. The molecule has 0 saturated heterocycles. The zero-order valence-electron chi connectivity index (χ0n) is 12.8.